The van der Waals surface area contributed by atoms with Crippen LogP contribution in [0.25, 0.3) is 0 Å². The monoisotopic (exact) mass is 333 g/mol. The van der Waals surface area contributed by atoms with Gasteiger partial charge < -0.3 is 20.5 Å². The Balaban J connectivity index is 1.71. The molecule has 130 valence electrons. The molecular weight excluding hydrogens is 310 g/mol. The zero-order valence-corrected chi connectivity index (χ0v) is 13.7. The van der Waals surface area contributed by atoms with Crippen LogP contribution < -0.4 is 10.6 Å². The normalized spacial score (nSPS) is 20.8. The molecule has 1 fully saturated rings. The molecule has 7 heteroatoms. The number of carbonyl (C=O) groups excluding carboxylic acids is 2. The maximum Gasteiger partial charge on any atom is 0.339 e. The van der Waals surface area contributed by atoms with Gasteiger partial charge in [0.15, 0.2) is 0 Å². The highest BCUT2D eigenvalue weighted by Crippen LogP contribution is 2.17. The van der Waals surface area contributed by atoms with Crippen molar-refractivity contribution in [3.05, 3.63) is 36.0 Å². The van der Waals surface area contributed by atoms with Gasteiger partial charge in [-0.05, 0) is 37.8 Å². The van der Waals surface area contributed by atoms with Crippen molar-refractivity contribution in [2.45, 2.75) is 37.8 Å². The maximum atomic E-state index is 11.8. The smallest absolute Gasteiger partial charge is 0.339 e. The number of anilines is 1. The van der Waals surface area contributed by atoms with Crippen molar-refractivity contribution in [3.63, 3.8) is 0 Å². The van der Waals surface area contributed by atoms with Gasteiger partial charge in [-0.1, -0.05) is 6.08 Å². The Morgan fingerprint density at radius 2 is 2.08 bits per heavy atom. The van der Waals surface area contributed by atoms with Gasteiger partial charge in [-0.2, -0.15) is 0 Å². The SMILES string of the molecule is COC(=O)c1ccc(NC(=O)/C=C/CNC2CCC(O)CC2)nc1. The first-order valence-electron chi connectivity index (χ1n) is 8.02. The summed E-state index contributed by atoms with van der Waals surface area (Å²) < 4.78 is 4.58. The number of pyridine rings is 1. The highest BCUT2D eigenvalue weighted by atomic mass is 16.5. The van der Waals surface area contributed by atoms with Gasteiger partial charge in [0.1, 0.15) is 5.82 Å². The lowest BCUT2D eigenvalue weighted by atomic mass is 9.93. The number of hydrogen-bond acceptors (Lipinski definition) is 6. The van der Waals surface area contributed by atoms with E-state index in [1.54, 1.807) is 12.1 Å². The van der Waals surface area contributed by atoms with E-state index < -0.39 is 5.97 Å². The summed E-state index contributed by atoms with van der Waals surface area (Å²) in [4.78, 5) is 27.1. The van der Waals surface area contributed by atoms with Crippen LogP contribution in [0.15, 0.2) is 30.5 Å². The Morgan fingerprint density at radius 1 is 1.33 bits per heavy atom. The van der Waals surface area contributed by atoms with Crippen LogP contribution in [0.1, 0.15) is 36.0 Å². The lowest BCUT2D eigenvalue weighted by Gasteiger charge is -2.25. The summed E-state index contributed by atoms with van der Waals surface area (Å²) in [5.41, 5.74) is 0.327. The third-order valence-corrected chi connectivity index (χ3v) is 3.93. The number of aliphatic hydroxyl groups is 1. The number of ether oxygens (including phenoxy) is 1. The van der Waals surface area contributed by atoms with Crippen molar-refractivity contribution in [3.8, 4) is 0 Å². The average Bonchev–Trinajstić information content (AvgIpc) is 2.60. The highest BCUT2D eigenvalue weighted by Gasteiger charge is 2.17. The van der Waals surface area contributed by atoms with E-state index in [0.717, 1.165) is 25.7 Å². The lowest BCUT2D eigenvalue weighted by Crippen LogP contribution is -2.34. The third kappa shape index (κ3) is 5.75. The van der Waals surface area contributed by atoms with E-state index in [1.807, 2.05) is 0 Å². The molecule has 1 aromatic rings. The van der Waals surface area contributed by atoms with E-state index in [2.05, 4.69) is 20.4 Å². The molecular formula is C17H23N3O4. The van der Waals surface area contributed by atoms with Crippen LogP contribution in [-0.4, -0.2) is 47.8 Å². The van der Waals surface area contributed by atoms with Gasteiger partial charge in [0.2, 0.25) is 5.91 Å². The molecule has 0 radical (unpaired) electrons. The molecule has 1 aromatic heterocycles. The Morgan fingerprint density at radius 3 is 2.71 bits per heavy atom. The summed E-state index contributed by atoms with van der Waals surface area (Å²) in [6, 6.07) is 3.48. The van der Waals surface area contributed by atoms with Crippen LogP contribution in [0, 0.1) is 0 Å². The zero-order valence-electron chi connectivity index (χ0n) is 13.7. The molecule has 0 atom stereocenters. The van der Waals surface area contributed by atoms with Crippen LogP contribution in [0.3, 0.4) is 0 Å². The quantitative estimate of drug-likeness (QED) is 0.535. The summed E-state index contributed by atoms with van der Waals surface area (Å²) in [6.45, 7) is 0.600. The predicted octanol–water partition coefficient (Wildman–Crippen LogP) is 1.26. The number of aromatic nitrogens is 1. The fraction of sp³-hybridized carbons (Fsp3) is 0.471. The summed E-state index contributed by atoms with van der Waals surface area (Å²) >= 11 is 0. The highest BCUT2D eigenvalue weighted by molar-refractivity contribution is 5.98. The Bertz CT molecular complexity index is 578. The van der Waals surface area contributed by atoms with E-state index >= 15 is 0 Å². The number of nitrogens with zero attached hydrogens (tertiary/aromatic N) is 1. The van der Waals surface area contributed by atoms with Crippen molar-refractivity contribution in [2.75, 3.05) is 19.0 Å². The summed E-state index contributed by atoms with van der Waals surface area (Å²) in [6.07, 6.45) is 7.95. The Kier molecular flexibility index (Phi) is 6.89. The maximum absolute atomic E-state index is 11.8. The zero-order chi connectivity index (χ0) is 17.4. The van der Waals surface area contributed by atoms with Crippen LogP contribution >= 0.6 is 0 Å². The number of aliphatic hydroxyl groups excluding tert-OH is 1. The van der Waals surface area contributed by atoms with E-state index in [9.17, 15) is 14.7 Å². The Labute approximate surface area is 141 Å². The van der Waals surface area contributed by atoms with Crippen molar-refractivity contribution >= 4 is 17.7 Å². The van der Waals surface area contributed by atoms with Crippen molar-refractivity contribution in [1.82, 2.24) is 10.3 Å². The number of amides is 1. The molecule has 1 saturated carbocycles. The minimum atomic E-state index is -0.471. The van der Waals surface area contributed by atoms with Crippen molar-refractivity contribution < 1.29 is 19.4 Å². The van der Waals surface area contributed by atoms with Gasteiger partial charge in [-0.25, -0.2) is 9.78 Å². The van der Waals surface area contributed by atoms with E-state index in [1.165, 1.54) is 25.4 Å². The first kappa shape index (κ1) is 18.1. The molecule has 0 saturated heterocycles. The number of nitrogens with one attached hydrogen (secondary N) is 2. The molecule has 1 aliphatic carbocycles. The first-order valence-corrected chi connectivity index (χ1v) is 8.02. The second-order valence-electron chi connectivity index (χ2n) is 5.73. The molecule has 7 nitrogen and oxygen atoms in total. The molecule has 1 amide bonds. The van der Waals surface area contributed by atoms with E-state index in [4.69, 9.17) is 0 Å². The van der Waals surface area contributed by atoms with Crippen LogP contribution in [0.5, 0.6) is 0 Å². The molecule has 0 spiro atoms. The van der Waals surface area contributed by atoms with Gasteiger partial charge in [0.05, 0.1) is 18.8 Å². The minimum Gasteiger partial charge on any atom is -0.465 e. The molecule has 0 aromatic carbocycles. The first-order chi connectivity index (χ1) is 11.6. The molecule has 1 aliphatic rings. The standard InChI is InChI=1S/C17H23N3O4/c1-24-17(23)12-4-9-15(19-11-12)20-16(22)3-2-10-18-13-5-7-14(21)8-6-13/h2-4,9,11,13-14,18,21H,5-8,10H2,1H3,(H,19,20,22)/b3-2+. The fourth-order valence-electron chi connectivity index (χ4n) is 2.55. The second kappa shape index (κ2) is 9.14. The average molecular weight is 333 g/mol. The van der Waals surface area contributed by atoms with Gasteiger partial charge in [-0.15, -0.1) is 0 Å². The third-order valence-electron chi connectivity index (χ3n) is 3.93. The number of methoxy groups -OCH3 is 1. The number of esters is 1. The molecule has 1 heterocycles. The van der Waals surface area contributed by atoms with Crippen LogP contribution in [-0.2, 0) is 9.53 Å². The molecule has 0 aliphatic heterocycles. The predicted molar refractivity (Wildman–Crippen MR) is 89.6 cm³/mol. The molecule has 3 N–H and O–H groups in total. The topological polar surface area (TPSA) is 101 Å². The molecule has 2 rings (SSSR count). The summed E-state index contributed by atoms with van der Waals surface area (Å²) in [7, 11) is 1.30. The van der Waals surface area contributed by atoms with Gasteiger partial charge in [0, 0.05) is 24.9 Å². The summed E-state index contributed by atoms with van der Waals surface area (Å²) in [5, 5.41) is 15.4. The van der Waals surface area contributed by atoms with Crippen LogP contribution in [0.4, 0.5) is 5.82 Å². The lowest BCUT2D eigenvalue weighted by molar-refractivity contribution is -0.111. The Hall–Kier alpha value is -2.25. The molecule has 0 unspecified atom stereocenters. The fourth-order valence-corrected chi connectivity index (χ4v) is 2.55. The largest absolute Gasteiger partial charge is 0.465 e. The van der Waals surface area contributed by atoms with Crippen molar-refractivity contribution in [2.24, 2.45) is 0 Å². The molecule has 24 heavy (non-hydrogen) atoms. The number of rotatable bonds is 6. The second-order valence-corrected chi connectivity index (χ2v) is 5.73. The number of carbonyl (C=O) groups is 2. The van der Waals surface area contributed by atoms with E-state index in [-0.39, 0.29) is 12.0 Å². The molecule has 0 bridgehead atoms. The van der Waals surface area contributed by atoms with Gasteiger partial charge >= 0.3 is 5.97 Å². The van der Waals surface area contributed by atoms with E-state index in [0.29, 0.717) is 24.0 Å². The van der Waals surface area contributed by atoms with Gasteiger partial charge in [-0.3, -0.25) is 4.79 Å². The van der Waals surface area contributed by atoms with Crippen LogP contribution in [0.2, 0.25) is 0 Å². The minimum absolute atomic E-state index is 0.164. The van der Waals surface area contributed by atoms with Gasteiger partial charge in [0.25, 0.3) is 0 Å². The number of hydrogen-bond donors (Lipinski definition) is 3. The summed E-state index contributed by atoms with van der Waals surface area (Å²) in [5.74, 6) is -0.387. The van der Waals surface area contributed by atoms with Crippen molar-refractivity contribution in [1.29, 1.82) is 0 Å².